The van der Waals surface area contributed by atoms with Gasteiger partial charge in [0.15, 0.2) is 0 Å². The first-order chi connectivity index (χ1) is 19.6. The van der Waals surface area contributed by atoms with Gasteiger partial charge in [0.1, 0.15) is 18.4 Å². The molecule has 3 aromatic carbocycles. The number of carbonyl (C=O) groups is 2. The molecule has 0 spiro atoms. The topological polar surface area (TPSA) is 86.8 Å². The summed E-state index contributed by atoms with van der Waals surface area (Å²) in [5, 5.41) is 3.05. The van der Waals surface area contributed by atoms with Gasteiger partial charge in [-0.1, -0.05) is 67.8 Å². The maximum Gasteiger partial charge on any atom is 0.264 e. The Morgan fingerprint density at radius 1 is 0.951 bits per heavy atom. The number of nitrogens with zero attached hydrogens (tertiary/aromatic N) is 2. The van der Waals surface area contributed by atoms with Crippen LogP contribution in [0.2, 0.25) is 0 Å². The molecule has 0 saturated heterocycles. The summed E-state index contributed by atoms with van der Waals surface area (Å²) < 4.78 is 43.7. The average Bonchev–Trinajstić information content (AvgIpc) is 2.97. The molecule has 9 heteroatoms. The Hall–Kier alpha value is -3.72. The first-order valence-electron chi connectivity index (χ1n) is 14.1. The lowest BCUT2D eigenvalue weighted by atomic mass is 9.95. The number of aryl methyl sites for hydroxylation is 2. The van der Waals surface area contributed by atoms with Crippen molar-refractivity contribution in [1.82, 2.24) is 10.2 Å². The van der Waals surface area contributed by atoms with Gasteiger partial charge in [-0.3, -0.25) is 13.9 Å². The molecule has 7 nitrogen and oxygen atoms in total. The number of carbonyl (C=O) groups excluding carboxylic acids is 2. The summed E-state index contributed by atoms with van der Waals surface area (Å²) in [6, 6.07) is 18.5. The zero-order valence-electron chi connectivity index (χ0n) is 23.8. The Labute approximate surface area is 242 Å². The molecular formula is C32H38FN3O4S. The summed E-state index contributed by atoms with van der Waals surface area (Å²) in [7, 11) is -4.16. The number of anilines is 1. The van der Waals surface area contributed by atoms with Gasteiger partial charge in [-0.05, 0) is 69.0 Å². The lowest BCUT2D eigenvalue weighted by Crippen LogP contribution is -2.53. The van der Waals surface area contributed by atoms with Crippen molar-refractivity contribution in [3.05, 3.63) is 95.3 Å². The van der Waals surface area contributed by atoms with E-state index in [2.05, 4.69) is 5.32 Å². The van der Waals surface area contributed by atoms with Crippen LogP contribution in [0, 0.1) is 19.7 Å². The van der Waals surface area contributed by atoms with Crippen LogP contribution in [0.15, 0.2) is 77.7 Å². The molecule has 1 atom stereocenters. The second-order valence-corrected chi connectivity index (χ2v) is 12.6. The maximum atomic E-state index is 14.7. The van der Waals surface area contributed by atoms with Crippen molar-refractivity contribution >= 4 is 27.5 Å². The van der Waals surface area contributed by atoms with E-state index in [0.29, 0.717) is 11.3 Å². The van der Waals surface area contributed by atoms with E-state index in [4.69, 9.17) is 0 Å². The van der Waals surface area contributed by atoms with E-state index in [-0.39, 0.29) is 29.0 Å². The Morgan fingerprint density at radius 2 is 1.61 bits per heavy atom. The Bertz CT molecular complexity index is 1470. The van der Waals surface area contributed by atoms with Gasteiger partial charge < -0.3 is 10.2 Å². The van der Waals surface area contributed by atoms with Crippen molar-refractivity contribution in [1.29, 1.82) is 0 Å². The Balaban J connectivity index is 1.71. The summed E-state index contributed by atoms with van der Waals surface area (Å²) in [6.07, 6.45) is 4.92. The van der Waals surface area contributed by atoms with Gasteiger partial charge in [-0.2, -0.15) is 0 Å². The number of halogens is 1. The number of amides is 2. The molecule has 3 aromatic rings. The van der Waals surface area contributed by atoms with Gasteiger partial charge in [0, 0.05) is 18.2 Å². The molecule has 0 aliphatic heterocycles. The van der Waals surface area contributed by atoms with E-state index in [1.165, 1.54) is 23.1 Å². The standard InChI is InChI=1S/C32H38FN3O4S/c1-23-18-19-24(2)30(20-23)36(41(39,40)28-15-8-5-9-16-28)22-31(37)35(21-26-12-10-11-17-29(26)33)25(3)32(38)34-27-13-6-4-7-14-27/h5,8-12,15-20,25,27H,4,6-7,13-14,21-22H2,1-3H3,(H,34,38)/t25-/m1/s1. The molecule has 218 valence electrons. The molecule has 1 saturated carbocycles. The number of hydrogen-bond acceptors (Lipinski definition) is 4. The molecule has 2 amide bonds. The predicted octanol–water partition coefficient (Wildman–Crippen LogP) is 5.50. The minimum Gasteiger partial charge on any atom is -0.352 e. The lowest BCUT2D eigenvalue weighted by molar-refractivity contribution is -0.139. The summed E-state index contributed by atoms with van der Waals surface area (Å²) in [6.45, 7) is 4.49. The lowest BCUT2D eigenvalue weighted by Gasteiger charge is -2.33. The molecular weight excluding hydrogens is 541 g/mol. The highest BCUT2D eigenvalue weighted by molar-refractivity contribution is 7.92. The first-order valence-corrected chi connectivity index (χ1v) is 15.5. The summed E-state index contributed by atoms with van der Waals surface area (Å²) in [4.78, 5) is 28.8. The largest absolute Gasteiger partial charge is 0.352 e. The minimum atomic E-state index is -4.16. The van der Waals surface area contributed by atoms with Gasteiger partial charge >= 0.3 is 0 Å². The van der Waals surface area contributed by atoms with E-state index in [0.717, 1.165) is 42.0 Å². The number of hydrogen-bond donors (Lipinski definition) is 1. The van der Waals surface area contributed by atoms with E-state index >= 15 is 0 Å². The molecule has 1 aliphatic carbocycles. The highest BCUT2D eigenvalue weighted by Crippen LogP contribution is 2.28. The number of benzene rings is 3. The van der Waals surface area contributed by atoms with Crippen LogP contribution in [-0.2, 0) is 26.2 Å². The molecule has 0 heterocycles. The van der Waals surface area contributed by atoms with Crippen molar-refractivity contribution in [2.45, 2.75) is 76.4 Å². The van der Waals surface area contributed by atoms with Crippen molar-refractivity contribution in [3.8, 4) is 0 Å². The van der Waals surface area contributed by atoms with Crippen LogP contribution < -0.4 is 9.62 Å². The van der Waals surface area contributed by atoms with E-state index in [1.54, 1.807) is 62.4 Å². The summed E-state index contributed by atoms with van der Waals surface area (Å²) in [5.41, 5.74) is 2.11. The van der Waals surface area contributed by atoms with Crippen molar-refractivity contribution < 1.29 is 22.4 Å². The van der Waals surface area contributed by atoms with Gasteiger partial charge in [0.25, 0.3) is 10.0 Å². The fourth-order valence-electron chi connectivity index (χ4n) is 5.18. The number of nitrogens with one attached hydrogen (secondary N) is 1. The van der Waals surface area contributed by atoms with Gasteiger partial charge in [0.05, 0.1) is 10.6 Å². The highest BCUT2D eigenvalue weighted by atomic mass is 32.2. The molecule has 1 fully saturated rings. The zero-order chi connectivity index (χ0) is 29.6. The average molecular weight is 580 g/mol. The van der Waals surface area contributed by atoms with Crippen LogP contribution in [-0.4, -0.2) is 43.8 Å². The molecule has 41 heavy (non-hydrogen) atoms. The molecule has 0 radical (unpaired) electrons. The Kier molecular flexibility index (Phi) is 9.81. The summed E-state index contributed by atoms with van der Waals surface area (Å²) >= 11 is 0. The second-order valence-electron chi connectivity index (χ2n) is 10.7. The second kappa shape index (κ2) is 13.3. The van der Waals surface area contributed by atoms with Crippen molar-refractivity contribution in [2.75, 3.05) is 10.8 Å². The molecule has 1 aliphatic rings. The first kappa shape index (κ1) is 30.2. The molecule has 4 rings (SSSR count). The zero-order valence-corrected chi connectivity index (χ0v) is 24.7. The monoisotopic (exact) mass is 579 g/mol. The van der Waals surface area contributed by atoms with Gasteiger partial charge in [-0.15, -0.1) is 0 Å². The van der Waals surface area contributed by atoms with Crippen LogP contribution in [0.3, 0.4) is 0 Å². The fraction of sp³-hybridized carbons (Fsp3) is 0.375. The number of sulfonamides is 1. The van der Waals surface area contributed by atoms with E-state index in [1.807, 2.05) is 13.0 Å². The normalized spacial score (nSPS) is 14.7. The third-order valence-corrected chi connectivity index (χ3v) is 9.43. The molecule has 0 bridgehead atoms. The third kappa shape index (κ3) is 7.33. The van der Waals surface area contributed by atoms with E-state index < -0.39 is 34.3 Å². The van der Waals surface area contributed by atoms with Crippen LogP contribution in [0.1, 0.15) is 55.7 Å². The minimum absolute atomic E-state index is 0.0222. The van der Waals surface area contributed by atoms with E-state index in [9.17, 15) is 22.4 Å². The van der Waals surface area contributed by atoms with Crippen LogP contribution in [0.25, 0.3) is 0 Å². The highest BCUT2D eigenvalue weighted by Gasteiger charge is 2.34. The smallest absolute Gasteiger partial charge is 0.264 e. The summed E-state index contributed by atoms with van der Waals surface area (Å²) in [5.74, 6) is -1.46. The van der Waals surface area contributed by atoms with Crippen molar-refractivity contribution in [3.63, 3.8) is 0 Å². The van der Waals surface area contributed by atoms with Gasteiger partial charge in [-0.25, -0.2) is 12.8 Å². The maximum absolute atomic E-state index is 14.7. The van der Waals surface area contributed by atoms with Crippen LogP contribution >= 0.6 is 0 Å². The third-order valence-electron chi connectivity index (χ3n) is 7.66. The quantitative estimate of drug-likeness (QED) is 0.344. The van der Waals surface area contributed by atoms with Gasteiger partial charge in [0.2, 0.25) is 11.8 Å². The molecule has 1 N–H and O–H groups in total. The SMILES string of the molecule is Cc1ccc(C)c(N(CC(=O)N(Cc2ccccc2F)[C@H](C)C(=O)NC2CCCCC2)S(=O)(=O)c2ccccc2)c1. The van der Waals surface area contributed by atoms with Crippen LogP contribution in [0.4, 0.5) is 10.1 Å². The molecule has 0 aromatic heterocycles. The molecule has 0 unspecified atom stereocenters. The fourth-order valence-corrected chi connectivity index (χ4v) is 6.67. The Morgan fingerprint density at radius 3 is 2.29 bits per heavy atom. The number of rotatable bonds is 10. The van der Waals surface area contributed by atoms with Crippen molar-refractivity contribution in [2.24, 2.45) is 0 Å². The van der Waals surface area contributed by atoms with Crippen LogP contribution in [0.5, 0.6) is 0 Å². The predicted molar refractivity (Wildman–Crippen MR) is 158 cm³/mol.